The zero-order chi connectivity index (χ0) is 12.1. The van der Waals surface area contributed by atoms with E-state index >= 15 is 0 Å². The summed E-state index contributed by atoms with van der Waals surface area (Å²) < 4.78 is 0. The van der Waals surface area contributed by atoms with E-state index < -0.39 is 5.97 Å². The van der Waals surface area contributed by atoms with Crippen LogP contribution in [0.4, 0.5) is 0 Å². The third-order valence-electron chi connectivity index (χ3n) is 2.96. The van der Waals surface area contributed by atoms with Crippen LogP contribution in [-0.4, -0.2) is 34.0 Å². The number of hydrogen-bond acceptors (Lipinski definition) is 3. The van der Waals surface area contributed by atoms with Crippen molar-refractivity contribution in [3.63, 3.8) is 0 Å². The first kappa shape index (κ1) is 12.6. The third-order valence-corrected chi connectivity index (χ3v) is 2.96. The molecule has 1 N–H and O–H groups in total. The Bertz CT molecular complexity index is 340. The molecule has 2 unspecified atom stereocenters. The van der Waals surface area contributed by atoms with E-state index in [9.17, 15) is 4.79 Å². The number of carboxylic acids is 1. The average Bonchev–Trinajstić information content (AvgIpc) is 2.28. The van der Waals surface area contributed by atoms with Crippen molar-refractivity contribution in [3.05, 3.63) is 30.1 Å². The lowest BCUT2D eigenvalue weighted by molar-refractivity contribution is -0.143. The number of aromatic nitrogens is 1. The van der Waals surface area contributed by atoms with Gasteiger partial charge in [0.15, 0.2) is 0 Å². The van der Waals surface area contributed by atoms with Crippen molar-refractivity contribution in [2.45, 2.75) is 26.4 Å². The van der Waals surface area contributed by atoms with Crippen molar-refractivity contribution in [2.75, 3.05) is 7.05 Å². The summed E-state index contributed by atoms with van der Waals surface area (Å²) in [6.07, 6.45) is 3.53. The van der Waals surface area contributed by atoms with Crippen LogP contribution in [0.2, 0.25) is 0 Å². The van der Waals surface area contributed by atoms with Gasteiger partial charge in [-0.25, -0.2) is 0 Å². The van der Waals surface area contributed by atoms with Crippen molar-refractivity contribution in [2.24, 2.45) is 5.92 Å². The van der Waals surface area contributed by atoms with Crippen LogP contribution in [0.25, 0.3) is 0 Å². The maximum atomic E-state index is 10.9. The first-order chi connectivity index (χ1) is 7.52. The first-order valence-corrected chi connectivity index (χ1v) is 5.34. The summed E-state index contributed by atoms with van der Waals surface area (Å²) >= 11 is 0. The van der Waals surface area contributed by atoms with Gasteiger partial charge in [0.25, 0.3) is 0 Å². The normalized spacial score (nSPS) is 14.8. The number of rotatable bonds is 5. The molecule has 0 fully saturated rings. The first-order valence-electron chi connectivity index (χ1n) is 5.34. The van der Waals surface area contributed by atoms with Crippen molar-refractivity contribution in [1.29, 1.82) is 0 Å². The predicted molar refractivity (Wildman–Crippen MR) is 62.0 cm³/mol. The SMILES string of the molecule is CC(C(=O)O)C(C)N(C)Cc1cccnc1. The molecular weight excluding hydrogens is 204 g/mol. The van der Waals surface area contributed by atoms with Crippen LogP contribution in [0.3, 0.4) is 0 Å². The molecule has 4 heteroatoms. The van der Waals surface area contributed by atoms with Crippen LogP contribution in [-0.2, 0) is 11.3 Å². The molecule has 0 spiro atoms. The standard InChI is InChI=1S/C12H18N2O2/c1-9(12(15)16)10(2)14(3)8-11-5-4-6-13-7-11/h4-7,9-10H,8H2,1-3H3,(H,15,16). The Balaban J connectivity index is 2.58. The van der Waals surface area contributed by atoms with Crippen molar-refractivity contribution >= 4 is 5.97 Å². The molecule has 0 aromatic carbocycles. The Kier molecular flexibility index (Phi) is 4.43. The Morgan fingerprint density at radius 2 is 2.25 bits per heavy atom. The van der Waals surface area contributed by atoms with Gasteiger partial charge in [0, 0.05) is 25.0 Å². The minimum Gasteiger partial charge on any atom is -0.481 e. The molecule has 2 atom stereocenters. The molecule has 1 aromatic rings. The Hall–Kier alpha value is -1.42. The fourth-order valence-corrected chi connectivity index (χ4v) is 1.51. The molecule has 88 valence electrons. The second-order valence-electron chi connectivity index (χ2n) is 4.14. The summed E-state index contributed by atoms with van der Waals surface area (Å²) in [7, 11) is 1.93. The zero-order valence-corrected chi connectivity index (χ0v) is 9.92. The van der Waals surface area contributed by atoms with Gasteiger partial charge in [-0.3, -0.25) is 14.7 Å². The molecule has 0 saturated heterocycles. The van der Waals surface area contributed by atoms with E-state index in [0.29, 0.717) is 6.54 Å². The maximum absolute atomic E-state index is 10.9. The molecule has 0 aliphatic heterocycles. The van der Waals surface area contributed by atoms with Crippen LogP contribution in [0.15, 0.2) is 24.5 Å². The molecule has 0 radical (unpaired) electrons. The Morgan fingerprint density at radius 1 is 1.56 bits per heavy atom. The molecule has 0 amide bonds. The fourth-order valence-electron chi connectivity index (χ4n) is 1.51. The molecule has 0 aliphatic carbocycles. The second-order valence-corrected chi connectivity index (χ2v) is 4.14. The molecular formula is C12H18N2O2. The molecule has 0 aliphatic rings. The van der Waals surface area contributed by atoms with Gasteiger partial charge in [0.05, 0.1) is 5.92 Å². The van der Waals surface area contributed by atoms with E-state index in [-0.39, 0.29) is 12.0 Å². The molecule has 0 bridgehead atoms. The average molecular weight is 222 g/mol. The van der Waals surface area contributed by atoms with Gasteiger partial charge in [0.2, 0.25) is 0 Å². The lowest BCUT2D eigenvalue weighted by Crippen LogP contribution is -2.37. The highest BCUT2D eigenvalue weighted by molar-refractivity contribution is 5.70. The van der Waals surface area contributed by atoms with E-state index in [1.807, 2.05) is 31.0 Å². The number of carbonyl (C=O) groups is 1. The van der Waals surface area contributed by atoms with Crippen molar-refractivity contribution < 1.29 is 9.90 Å². The molecule has 1 rings (SSSR count). The highest BCUT2D eigenvalue weighted by Gasteiger charge is 2.22. The van der Waals surface area contributed by atoms with Crippen LogP contribution in [0.5, 0.6) is 0 Å². The van der Waals surface area contributed by atoms with Gasteiger partial charge in [-0.05, 0) is 25.6 Å². The van der Waals surface area contributed by atoms with E-state index in [1.165, 1.54) is 0 Å². The monoisotopic (exact) mass is 222 g/mol. The summed E-state index contributed by atoms with van der Waals surface area (Å²) in [6, 6.07) is 3.87. The minimum atomic E-state index is -0.759. The summed E-state index contributed by atoms with van der Waals surface area (Å²) in [5.74, 6) is -1.13. The molecule has 16 heavy (non-hydrogen) atoms. The number of pyridine rings is 1. The van der Waals surface area contributed by atoms with Crippen LogP contribution < -0.4 is 0 Å². The van der Waals surface area contributed by atoms with Crippen LogP contribution >= 0.6 is 0 Å². The van der Waals surface area contributed by atoms with Gasteiger partial charge in [-0.15, -0.1) is 0 Å². The van der Waals surface area contributed by atoms with Crippen molar-refractivity contribution in [1.82, 2.24) is 9.88 Å². The van der Waals surface area contributed by atoms with E-state index in [2.05, 4.69) is 4.98 Å². The fraction of sp³-hybridized carbons (Fsp3) is 0.500. The smallest absolute Gasteiger partial charge is 0.307 e. The topological polar surface area (TPSA) is 53.4 Å². The van der Waals surface area contributed by atoms with E-state index in [1.54, 1.807) is 19.3 Å². The van der Waals surface area contributed by atoms with Gasteiger partial charge >= 0.3 is 5.97 Å². The summed E-state index contributed by atoms with van der Waals surface area (Å²) in [4.78, 5) is 16.9. The third kappa shape index (κ3) is 3.31. The quantitative estimate of drug-likeness (QED) is 0.822. The van der Waals surface area contributed by atoms with Gasteiger partial charge in [-0.1, -0.05) is 13.0 Å². The molecule has 4 nitrogen and oxygen atoms in total. The predicted octanol–water partition coefficient (Wildman–Crippen LogP) is 1.62. The largest absolute Gasteiger partial charge is 0.481 e. The van der Waals surface area contributed by atoms with Crippen LogP contribution in [0, 0.1) is 5.92 Å². The number of nitrogens with zero attached hydrogens (tertiary/aromatic N) is 2. The maximum Gasteiger partial charge on any atom is 0.307 e. The molecule has 1 heterocycles. The summed E-state index contributed by atoms with van der Waals surface area (Å²) in [6.45, 7) is 4.37. The van der Waals surface area contributed by atoms with Gasteiger partial charge < -0.3 is 5.11 Å². The lowest BCUT2D eigenvalue weighted by Gasteiger charge is -2.27. The Labute approximate surface area is 95.9 Å². The van der Waals surface area contributed by atoms with E-state index in [0.717, 1.165) is 5.56 Å². The minimum absolute atomic E-state index is 0.00212. The van der Waals surface area contributed by atoms with Gasteiger partial charge in [-0.2, -0.15) is 0 Å². The molecule has 1 aromatic heterocycles. The number of aliphatic carboxylic acids is 1. The second kappa shape index (κ2) is 5.61. The summed E-state index contributed by atoms with van der Waals surface area (Å²) in [5.41, 5.74) is 1.09. The lowest BCUT2D eigenvalue weighted by atomic mass is 10.0. The highest BCUT2D eigenvalue weighted by atomic mass is 16.4. The zero-order valence-electron chi connectivity index (χ0n) is 9.92. The van der Waals surface area contributed by atoms with Gasteiger partial charge in [0.1, 0.15) is 0 Å². The van der Waals surface area contributed by atoms with Crippen molar-refractivity contribution in [3.8, 4) is 0 Å². The van der Waals surface area contributed by atoms with E-state index in [4.69, 9.17) is 5.11 Å². The highest BCUT2D eigenvalue weighted by Crippen LogP contribution is 2.12. The summed E-state index contributed by atoms with van der Waals surface area (Å²) in [5, 5.41) is 8.93. The Morgan fingerprint density at radius 3 is 2.75 bits per heavy atom. The number of carboxylic acid groups (broad SMARTS) is 1. The molecule has 0 saturated carbocycles. The van der Waals surface area contributed by atoms with Crippen LogP contribution in [0.1, 0.15) is 19.4 Å². The number of hydrogen-bond donors (Lipinski definition) is 1.